The number of hydrogen-bond acceptors (Lipinski definition) is 5. The van der Waals surface area contributed by atoms with Crippen LogP contribution in [0.4, 0.5) is 10.5 Å². The lowest BCUT2D eigenvalue weighted by Crippen LogP contribution is -2.50. The maximum atomic E-state index is 14.2. The number of para-hydroxylation sites is 1. The van der Waals surface area contributed by atoms with E-state index in [9.17, 15) is 9.59 Å². The number of nitrogens with zero attached hydrogens (tertiary/aromatic N) is 2. The maximum Gasteiger partial charge on any atom is 0.332 e. The Bertz CT molecular complexity index is 1610. The van der Waals surface area contributed by atoms with E-state index >= 15 is 0 Å². The third kappa shape index (κ3) is 4.20. The van der Waals surface area contributed by atoms with Crippen LogP contribution in [0, 0.1) is 0 Å². The van der Waals surface area contributed by atoms with Gasteiger partial charge in [0.05, 0.1) is 31.2 Å². The molecule has 6 rings (SSSR count). The lowest BCUT2D eigenvalue weighted by Gasteiger charge is -2.40. The Balaban J connectivity index is 1.48. The lowest BCUT2D eigenvalue weighted by atomic mass is 9.78. The molecule has 41 heavy (non-hydrogen) atoms. The van der Waals surface area contributed by atoms with Crippen LogP contribution in [0.15, 0.2) is 66.7 Å². The van der Waals surface area contributed by atoms with Gasteiger partial charge in [0.15, 0.2) is 17.0 Å². The molecule has 212 valence electrons. The van der Waals surface area contributed by atoms with E-state index in [2.05, 4.69) is 18.0 Å². The standard InChI is InChI=1S/C33H35N3O5/c1-5-18-41-27-17-12-21(19-28(27)40-7-3)25-20-35-32(38)36(22-13-15-23(16-14-22)39-6-2)31(37)33(35,4)30-29(25)24-10-8-9-11-26(24)34-30/h8-17,19,25,34H,5-7,18,20H2,1-4H3. The summed E-state index contributed by atoms with van der Waals surface area (Å²) in [5.41, 5.74) is 3.02. The zero-order valence-electron chi connectivity index (χ0n) is 23.9. The number of ether oxygens (including phenoxy) is 3. The van der Waals surface area contributed by atoms with E-state index < -0.39 is 5.54 Å². The molecule has 3 heterocycles. The van der Waals surface area contributed by atoms with Gasteiger partial charge in [-0.1, -0.05) is 31.2 Å². The highest BCUT2D eigenvalue weighted by molar-refractivity contribution is 6.23. The molecular weight excluding hydrogens is 518 g/mol. The number of rotatable bonds is 9. The van der Waals surface area contributed by atoms with Crippen LogP contribution >= 0.6 is 0 Å². The van der Waals surface area contributed by atoms with Crippen molar-refractivity contribution in [2.75, 3.05) is 31.3 Å². The third-order valence-electron chi connectivity index (χ3n) is 8.07. The van der Waals surface area contributed by atoms with Crippen molar-refractivity contribution in [1.82, 2.24) is 9.88 Å². The molecule has 0 saturated carbocycles. The molecule has 1 fully saturated rings. The van der Waals surface area contributed by atoms with Gasteiger partial charge in [-0.05, 0) is 80.8 Å². The quantitative estimate of drug-likeness (QED) is 0.237. The number of hydrogen-bond donors (Lipinski definition) is 1. The molecule has 2 unspecified atom stereocenters. The van der Waals surface area contributed by atoms with Crippen molar-refractivity contribution in [2.24, 2.45) is 0 Å². The Morgan fingerprint density at radius 3 is 2.39 bits per heavy atom. The molecule has 2 atom stereocenters. The first-order valence-corrected chi connectivity index (χ1v) is 14.3. The molecule has 4 aromatic rings. The number of fused-ring (bicyclic) bond motifs is 5. The topological polar surface area (TPSA) is 84.1 Å². The largest absolute Gasteiger partial charge is 0.494 e. The van der Waals surface area contributed by atoms with Gasteiger partial charge in [-0.15, -0.1) is 0 Å². The molecular formula is C33H35N3O5. The summed E-state index contributed by atoms with van der Waals surface area (Å²) in [6.45, 7) is 9.75. The number of amides is 3. The Kier molecular flexibility index (Phi) is 6.85. The highest BCUT2D eigenvalue weighted by Gasteiger charge is 2.60. The van der Waals surface area contributed by atoms with Crippen LogP contribution in [-0.4, -0.2) is 48.2 Å². The van der Waals surface area contributed by atoms with Crippen molar-refractivity contribution >= 4 is 28.5 Å². The van der Waals surface area contributed by atoms with E-state index in [-0.39, 0.29) is 17.9 Å². The zero-order valence-corrected chi connectivity index (χ0v) is 23.9. The van der Waals surface area contributed by atoms with Gasteiger partial charge in [0.1, 0.15) is 5.75 Å². The molecule has 0 aliphatic carbocycles. The smallest absolute Gasteiger partial charge is 0.332 e. The van der Waals surface area contributed by atoms with Gasteiger partial charge in [-0.2, -0.15) is 0 Å². The van der Waals surface area contributed by atoms with Gasteiger partial charge in [-0.25, -0.2) is 9.69 Å². The number of aromatic nitrogens is 1. The predicted molar refractivity (Wildman–Crippen MR) is 158 cm³/mol. The van der Waals surface area contributed by atoms with Gasteiger partial charge in [0, 0.05) is 23.4 Å². The SMILES string of the molecule is CCCOc1ccc(C2CN3C(=O)N(c4ccc(OCC)cc4)C(=O)C3(C)c3[nH]c4ccccc4c32)cc1OCC. The van der Waals surface area contributed by atoms with E-state index in [1.165, 1.54) is 4.90 Å². The van der Waals surface area contributed by atoms with E-state index in [0.29, 0.717) is 49.3 Å². The Morgan fingerprint density at radius 1 is 0.902 bits per heavy atom. The Hall–Kier alpha value is -4.46. The molecule has 0 spiro atoms. The summed E-state index contributed by atoms with van der Waals surface area (Å²) in [5, 5.41) is 1.04. The van der Waals surface area contributed by atoms with Crippen molar-refractivity contribution in [3.05, 3.63) is 83.6 Å². The van der Waals surface area contributed by atoms with E-state index in [1.54, 1.807) is 29.2 Å². The molecule has 1 saturated heterocycles. The molecule has 8 heteroatoms. The third-order valence-corrected chi connectivity index (χ3v) is 8.07. The summed E-state index contributed by atoms with van der Waals surface area (Å²) >= 11 is 0. The second kappa shape index (κ2) is 10.5. The minimum atomic E-state index is -1.19. The van der Waals surface area contributed by atoms with Gasteiger partial charge in [0.25, 0.3) is 5.91 Å². The van der Waals surface area contributed by atoms with E-state index in [1.807, 2.05) is 57.2 Å². The first-order chi connectivity index (χ1) is 19.9. The minimum Gasteiger partial charge on any atom is -0.494 e. The fourth-order valence-corrected chi connectivity index (χ4v) is 6.12. The average Bonchev–Trinajstić information content (AvgIpc) is 3.47. The molecule has 1 N–H and O–H groups in total. The van der Waals surface area contributed by atoms with Crippen LogP contribution in [0.1, 0.15) is 56.9 Å². The maximum absolute atomic E-state index is 14.2. The Labute approximate surface area is 239 Å². The van der Waals surface area contributed by atoms with Crippen LogP contribution in [0.3, 0.4) is 0 Å². The minimum absolute atomic E-state index is 0.189. The van der Waals surface area contributed by atoms with Crippen LogP contribution in [0.25, 0.3) is 10.9 Å². The number of aromatic amines is 1. The number of carbonyl (C=O) groups is 2. The van der Waals surface area contributed by atoms with Crippen LogP contribution < -0.4 is 19.1 Å². The fraction of sp³-hybridized carbons (Fsp3) is 0.333. The molecule has 8 nitrogen and oxygen atoms in total. The van der Waals surface area contributed by atoms with Crippen molar-refractivity contribution in [3.63, 3.8) is 0 Å². The number of nitrogens with one attached hydrogen (secondary N) is 1. The second-order valence-electron chi connectivity index (χ2n) is 10.5. The van der Waals surface area contributed by atoms with Crippen molar-refractivity contribution in [1.29, 1.82) is 0 Å². The number of carbonyl (C=O) groups excluding carboxylic acids is 2. The van der Waals surface area contributed by atoms with E-state index in [0.717, 1.165) is 34.1 Å². The summed E-state index contributed by atoms with van der Waals surface area (Å²) in [7, 11) is 0. The summed E-state index contributed by atoms with van der Waals surface area (Å²) in [6.07, 6.45) is 0.892. The molecule has 0 radical (unpaired) electrons. The number of urea groups is 1. The first kappa shape index (κ1) is 26.7. The average molecular weight is 554 g/mol. The molecule has 2 aliphatic heterocycles. The highest BCUT2D eigenvalue weighted by atomic mass is 16.5. The number of benzene rings is 3. The number of anilines is 1. The van der Waals surface area contributed by atoms with Crippen LogP contribution in [-0.2, 0) is 10.3 Å². The summed E-state index contributed by atoms with van der Waals surface area (Å²) in [4.78, 5) is 34.8. The van der Waals surface area contributed by atoms with Gasteiger partial charge in [-0.3, -0.25) is 4.79 Å². The van der Waals surface area contributed by atoms with Gasteiger partial charge >= 0.3 is 6.03 Å². The van der Waals surface area contributed by atoms with Gasteiger partial charge in [0.2, 0.25) is 0 Å². The van der Waals surface area contributed by atoms with Crippen molar-refractivity contribution < 1.29 is 23.8 Å². The van der Waals surface area contributed by atoms with Crippen LogP contribution in [0.5, 0.6) is 17.2 Å². The first-order valence-electron chi connectivity index (χ1n) is 14.3. The molecule has 1 aromatic heterocycles. The summed E-state index contributed by atoms with van der Waals surface area (Å²) in [6, 6.07) is 20.8. The zero-order chi connectivity index (χ0) is 28.7. The summed E-state index contributed by atoms with van der Waals surface area (Å²) in [5.74, 6) is 1.59. The summed E-state index contributed by atoms with van der Waals surface area (Å²) < 4.78 is 17.5. The van der Waals surface area contributed by atoms with E-state index in [4.69, 9.17) is 14.2 Å². The highest BCUT2D eigenvalue weighted by Crippen LogP contribution is 2.51. The van der Waals surface area contributed by atoms with Gasteiger partial charge < -0.3 is 24.1 Å². The van der Waals surface area contributed by atoms with Crippen molar-refractivity contribution in [3.8, 4) is 17.2 Å². The van der Waals surface area contributed by atoms with Crippen molar-refractivity contribution in [2.45, 2.75) is 45.6 Å². The van der Waals surface area contributed by atoms with Crippen LogP contribution in [0.2, 0.25) is 0 Å². The predicted octanol–water partition coefficient (Wildman–Crippen LogP) is 6.58. The molecule has 3 amide bonds. The molecule has 0 bridgehead atoms. The Morgan fingerprint density at radius 2 is 1.66 bits per heavy atom. The fourth-order valence-electron chi connectivity index (χ4n) is 6.12. The lowest BCUT2D eigenvalue weighted by molar-refractivity contribution is -0.125. The number of imide groups is 1. The molecule has 3 aromatic carbocycles. The second-order valence-corrected chi connectivity index (χ2v) is 10.5. The number of H-pyrrole nitrogens is 1. The normalized spacial score (nSPS) is 19.9. The monoisotopic (exact) mass is 553 g/mol. The molecule has 2 aliphatic rings.